The molecule has 2 aromatic carbocycles. The van der Waals surface area contributed by atoms with Crippen molar-refractivity contribution in [3.05, 3.63) is 90.6 Å². The summed E-state index contributed by atoms with van der Waals surface area (Å²) in [5.74, 6) is 2.36. The fourth-order valence-electron chi connectivity index (χ4n) is 5.57. The molecule has 0 bridgehead atoms. The van der Waals surface area contributed by atoms with E-state index in [1.165, 1.54) is 0 Å². The lowest BCUT2D eigenvalue weighted by Crippen LogP contribution is -2.36. The molecule has 2 aliphatic rings. The zero-order valence-corrected chi connectivity index (χ0v) is 21.3. The van der Waals surface area contributed by atoms with Crippen LogP contribution in [0.3, 0.4) is 0 Å². The standard InChI is InChI=1S/C30H24N8O2/c39-30(25-13-5-11-23(31-25)28-33-19-7-1-2-8-20(19)34-28)37-27-17-15-38(16-18(17)27)40-26-14-6-12-24(32-26)29-35-21-9-3-4-10-22(21)36-29/h1-14,17-18,27H,15-16H2,(H,33,34)(H,35,36)(H,37,39). The molecule has 1 aliphatic carbocycles. The highest BCUT2D eigenvalue weighted by molar-refractivity contribution is 5.93. The van der Waals surface area contributed by atoms with E-state index in [1.807, 2.05) is 83.9 Å². The van der Waals surface area contributed by atoms with Crippen LogP contribution in [0.2, 0.25) is 0 Å². The Labute approximate surface area is 228 Å². The maximum Gasteiger partial charge on any atom is 0.270 e. The van der Waals surface area contributed by atoms with Crippen LogP contribution < -0.4 is 10.2 Å². The highest BCUT2D eigenvalue weighted by atomic mass is 16.7. The van der Waals surface area contributed by atoms with E-state index in [4.69, 9.17) is 4.84 Å². The zero-order valence-electron chi connectivity index (χ0n) is 21.3. The van der Waals surface area contributed by atoms with Crippen LogP contribution >= 0.6 is 0 Å². The number of nitrogens with one attached hydrogen (secondary N) is 3. The first-order valence-corrected chi connectivity index (χ1v) is 13.3. The van der Waals surface area contributed by atoms with E-state index >= 15 is 0 Å². The van der Waals surface area contributed by atoms with Gasteiger partial charge in [-0.15, -0.1) is 5.06 Å². The molecule has 10 nitrogen and oxygen atoms in total. The minimum absolute atomic E-state index is 0.110. The third-order valence-corrected chi connectivity index (χ3v) is 7.65. The molecule has 6 aromatic rings. The summed E-state index contributed by atoms with van der Waals surface area (Å²) in [7, 11) is 0. The molecular formula is C30H24N8O2. The average Bonchev–Trinajstić information content (AvgIpc) is 3.44. The smallest absolute Gasteiger partial charge is 0.270 e. The lowest BCUT2D eigenvalue weighted by atomic mass is 10.2. The van der Waals surface area contributed by atoms with E-state index in [0.717, 1.165) is 40.9 Å². The molecule has 2 unspecified atom stereocenters. The summed E-state index contributed by atoms with van der Waals surface area (Å²) < 4.78 is 0. The molecule has 1 amide bonds. The number of rotatable bonds is 6. The molecule has 0 spiro atoms. The number of amides is 1. The van der Waals surface area contributed by atoms with Crippen LogP contribution in [0.5, 0.6) is 5.88 Å². The van der Waals surface area contributed by atoms with Gasteiger partial charge in [-0.05, 0) is 42.5 Å². The molecule has 0 radical (unpaired) electrons. The summed E-state index contributed by atoms with van der Waals surface area (Å²) in [4.78, 5) is 44.1. The van der Waals surface area contributed by atoms with Crippen LogP contribution in [0.4, 0.5) is 0 Å². The monoisotopic (exact) mass is 528 g/mol. The summed E-state index contributed by atoms with van der Waals surface area (Å²) in [5.41, 5.74) is 5.40. The lowest BCUT2D eigenvalue weighted by Gasteiger charge is -2.19. The molecule has 2 atom stereocenters. The Balaban J connectivity index is 0.898. The number of aromatic amines is 2. The van der Waals surface area contributed by atoms with Gasteiger partial charge in [0.05, 0.1) is 22.1 Å². The topological polar surface area (TPSA) is 125 Å². The number of carbonyl (C=O) groups excluding carboxylic acids is 1. The van der Waals surface area contributed by atoms with Gasteiger partial charge in [0, 0.05) is 37.0 Å². The highest BCUT2D eigenvalue weighted by Gasteiger charge is 2.57. The van der Waals surface area contributed by atoms with Gasteiger partial charge in [-0.1, -0.05) is 36.4 Å². The van der Waals surface area contributed by atoms with Gasteiger partial charge in [-0.3, -0.25) is 4.79 Å². The van der Waals surface area contributed by atoms with Crippen molar-refractivity contribution in [3.8, 4) is 28.9 Å². The minimum Gasteiger partial charge on any atom is -0.386 e. The van der Waals surface area contributed by atoms with Gasteiger partial charge in [-0.25, -0.2) is 19.9 Å². The Hall–Kier alpha value is -5.09. The van der Waals surface area contributed by atoms with Crippen LogP contribution in [0.15, 0.2) is 84.9 Å². The molecule has 1 aliphatic heterocycles. The van der Waals surface area contributed by atoms with Crippen molar-refractivity contribution in [3.63, 3.8) is 0 Å². The number of carbonyl (C=O) groups is 1. The van der Waals surface area contributed by atoms with Crippen molar-refractivity contribution in [2.24, 2.45) is 11.8 Å². The highest BCUT2D eigenvalue weighted by Crippen LogP contribution is 2.45. The van der Waals surface area contributed by atoms with Crippen molar-refractivity contribution in [1.82, 2.24) is 40.3 Å². The second kappa shape index (κ2) is 8.99. The number of fused-ring (bicyclic) bond motifs is 3. The van der Waals surface area contributed by atoms with Gasteiger partial charge in [0.25, 0.3) is 5.91 Å². The van der Waals surface area contributed by atoms with E-state index in [1.54, 1.807) is 6.07 Å². The molecule has 10 heteroatoms. The van der Waals surface area contributed by atoms with E-state index in [2.05, 4.69) is 35.2 Å². The Bertz CT molecular complexity index is 1820. The van der Waals surface area contributed by atoms with Crippen LogP contribution in [0.1, 0.15) is 10.5 Å². The minimum atomic E-state index is -0.176. The number of pyridine rings is 2. The first-order valence-electron chi connectivity index (χ1n) is 13.3. The van der Waals surface area contributed by atoms with Crippen molar-refractivity contribution in [2.45, 2.75) is 6.04 Å². The molecule has 8 rings (SSSR count). The molecule has 5 heterocycles. The molecular weight excluding hydrogens is 504 g/mol. The molecule has 4 aromatic heterocycles. The number of piperidine rings is 1. The average molecular weight is 529 g/mol. The third-order valence-electron chi connectivity index (χ3n) is 7.65. The fraction of sp³-hybridized carbons (Fsp3) is 0.167. The number of nitrogens with zero attached hydrogens (tertiary/aromatic N) is 5. The van der Waals surface area contributed by atoms with Crippen molar-refractivity contribution >= 4 is 28.0 Å². The molecule has 1 saturated carbocycles. The molecule has 40 heavy (non-hydrogen) atoms. The first-order chi connectivity index (χ1) is 19.7. The molecule has 196 valence electrons. The SMILES string of the molecule is O=C(NC1C2CN(Oc3cccc(-c4nc5ccccc5[nH]4)n3)CC21)c1cccc(-c2nc3ccccc3[nH]2)n1. The van der Waals surface area contributed by atoms with Gasteiger partial charge in [0.2, 0.25) is 5.88 Å². The summed E-state index contributed by atoms with van der Waals surface area (Å²) in [6.07, 6.45) is 0. The van der Waals surface area contributed by atoms with Gasteiger partial charge < -0.3 is 20.1 Å². The largest absolute Gasteiger partial charge is 0.386 e. The number of hydrogen-bond donors (Lipinski definition) is 3. The Kier molecular flexibility index (Phi) is 5.14. The number of aromatic nitrogens is 6. The quantitative estimate of drug-likeness (QED) is 0.296. The van der Waals surface area contributed by atoms with E-state index < -0.39 is 0 Å². The summed E-state index contributed by atoms with van der Waals surface area (Å²) in [6.45, 7) is 1.44. The predicted molar refractivity (Wildman–Crippen MR) is 149 cm³/mol. The maximum absolute atomic E-state index is 13.0. The Morgan fingerprint density at radius 3 is 1.98 bits per heavy atom. The number of hydrogen-bond acceptors (Lipinski definition) is 7. The van der Waals surface area contributed by atoms with Gasteiger partial charge in [-0.2, -0.15) is 0 Å². The Morgan fingerprint density at radius 2 is 1.32 bits per heavy atom. The third kappa shape index (κ3) is 4.05. The normalized spacial score (nSPS) is 20.1. The molecule has 2 fully saturated rings. The summed E-state index contributed by atoms with van der Waals surface area (Å²) in [5, 5.41) is 5.08. The van der Waals surface area contributed by atoms with Gasteiger partial charge >= 0.3 is 0 Å². The van der Waals surface area contributed by atoms with E-state index in [9.17, 15) is 4.79 Å². The molecule has 1 saturated heterocycles. The van der Waals surface area contributed by atoms with Crippen molar-refractivity contribution < 1.29 is 9.63 Å². The van der Waals surface area contributed by atoms with Gasteiger partial charge in [0.1, 0.15) is 17.1 Å². The number of imidazole rings is 2. The second-order valence-corrected chi connectivity index (χ2v) is 10.2. The second-order valence-electron chi connectivity index (χ2n) is 10.2. The fourth-order valence-corrected chi connectivity index (χ4v) is 5.57. The van der Waals surface area contributed by atoms with Crippen molar-refractivity contribution in [1.29, 1.82) is 0 Å². The zero-order chi connectivity index (χ0) is 26.6. The van der Waals surface area contributed by atoms with Gasteiger partial charge in [0.15, 0.2) is 11.6 Å². The lowest BCUT2D eigenvalue weighted by molar-refractivity contribution is -0.0520. The van der Waals surface area contributed by atoms with Crippen LogP contribution in [-0.4, -0.2) is 60.0 Å². The summed E-state index contributed by atoms with van der Waals surface area (Å²) >= 11 is 0. The molecule has 3 N–H and O–H groups in total. The number of benzene rings is 2. The number of para-hydroxylation sites is 4. The maximum atomic E-state index is 13.0. The van der Waals surface area contributed by atoms with Crippen molar-refractivity contribution in [2.75, 3.05) is 13.1 Å². The first kappa shape index (κ1) is 22.9. The predicted octanol–water partition coefficient (Wildman–Crippen LogP) is 4.22. The van der Waals surface area contributed by atoms with E-state index in [-0.39, 0.29) is 11.9 Å². The number of hydroxylamine groups is 2. The summed E-state index contributed by atoms with van der Waals surface area (Å²) in [6, 6.07) is 26.9. The van der Waals surface area contributed by atoms with Crippen LogP contribution in [0.25, 0.3) is 45.1 Å². The van der Waals surface area contributed by atoms with E-state index in [0.29, 0.717) is 40.8 Å². The number of H-pyrrole nitrogens is 2. The van der Waals surface area contributed by atoms with Crippen LogP contribution in [0, 0.1) is 11.8 Å². The van der Waals surface area contributed by atoms with Crippen LogP contribution in [-0.2, 0) is 0 Å². The Morgan fingerprint density at radius 1 is 0.725 bits per heavy atom.